The van der Waals surface area contributed by atoms with E-state index in [1.54, 1.807) is 0 Å². The number of rotatable bonds is 5. The third-order valence-corrected chi connectivity index (χ3v) is 13.0. The van der Waals surface area contributed by atoms with Crippen molar-refractivity contribution in [3.8, 4) is 44.5 Å². The number of fused-ring (bicyclic) bond motifs is 13. The highest BCUT2D eigenvalue weighted by Crippen LogP contribution is 2.65. The molecule has 0 N–H and O–H groups in total. The van der Waals surface area contributed by atoms with E-state index in [9.17, 15) is 0 Å². The summed E-state index contributed by atoms with van der Waals surface area (Å²) in [5.74, 6) is 0. The summed E-state index contributed by atoms with van der Waals surface area (Å²) in [6.07, 6.45) is 0. The molecule has 2 heteroatoms. The van der Waals surface area contributed by atoms with E-state index >= 15 is 0 Å². The minimum Gasteiger partial charge on any atom is -0.310 e. The summed E-state index contributed by atoms with van der Waals surface area (Å²) >= 11 is 7.42. The molecule has 0 bridgehead atoms. The van der Waals surface area contributed by atoms with Gasteiger partial charge in [0.15, 0.2) is 0 Å². The maximum Gasteiger partial charge on any atom is 0.0725 e. The van der Waals surface area contributed by atoms with Crippen molar-refractivity contribution < 1.29 is 0 Å². The van der Waals surface area contributed by atoms with Crippen LogP contribution < -0.4 is 4.90 Å². The minimum atomic E-state index is -0.486. The topological polar surface area (TPSA) is 3.24 Å². The van der Waals surface area contributed by atoms with Gasteiger partial charge in [-0.25, -0.2) is 0 Å². The van der Waals surface area contributed by atoms with E-state index in [0.717, 1.165) is 33.2 Å². The summed E-state index contributed by atoms with van der Waals surface area (Å²) in [4.78, 5) is 2.32. The lowest BCUT2D eigenvalue weighted by Gasteiger charge is -2.31. The zero-order valence-corrected chi connectivity index (χ0v) is 32.9. The maximum absolute atomic E-state index is 7.42. The summed E-state index contributed by atoms with van der Waals surface area (Å²) in [6, 6.07) is 79.6. The number of benzene rings is 10. The van der Waals surface area contributed by atoms with Gasteiger partial charge in [0.25, 0.3) is 0 Å². The minimum absolute atomic E-state index is 0.486. The van der Waals surface area contributed by atoms with Crippen LogP contribution in [0.3, 0.4) is 0 Å². The molecule has 0 atom stereocenters. The highest BCUT2D eigenvalue weighted by Gasteiger charge is 2.52. The summed E-state index contributed by atoms with van der Waals surface area (Å²) in [6.45, 7) is 0. The van der Waals surface area contributed by atoms with E-state index in [1.165, 1.54) is 77.2 Å². The van der Waals surface area contributed by atoms with Crippen molar-refractivity contribution >= 4 is 50.2 Å². The molecule has 0 amide bonds. The highest BCUT2D eigenvalue weighted by atomic mass is 35.5. The Bertz CT molecular complexity index is 3190. The van der Waals surface area contributed by atoms with Crippen LogP contribution in [-0.4, -0.2) is 0 Å². The number of para-hydroxylation sites is 2. The van der Waals surface area contributed by atoms with Gasteiger partial charge in [-0.2, -0.15) is 0 Å². The van der Waals surface area contributed by atoms with Crippen LogP contribution in [0.25, 0.3) is 66.1 Å². The van der Waals surface area contributed by atoms with Gasteiger partial charge in [0.1, 0.15) is 0 Å². The Morgan fingerprint density at radius 3 is 1.54 bits per heavy atom. The van der Waals surface area contributed by atoms with Gasteiger partial charge < -0.3 is 4.90 Å². The fourth-order valence-electron chi connectivity index (χ4n) is 10.2. The Morgan fingerprint density at radius 2 is 0.881 bits per heavy atom. The van der Waals surface area contributed by atoms with E-state index in [2.05, 4.69) is 223 Å². The summed E-state index contributed by atoms with van der Waals surface area (Å²) < 4.78 is 0. The Kier molecular flexibility index (Phi) is 7.57. The van der Waals surface area contributed by atoms with Crippen LogP contribution in [0.2, 0.25) is 5.02 Å². The molecular formula is C57H36ClN. The maximum atomic E-state index is 7.42. The van der Waals surface area contributed by atoms with Crippen LogP contribution in [0.15, 0.2) is 218 Å². The second-order valence-corrected chi connectivity index (χ2v) is 16.1. The zero-order valence-electron chi connectivity index (χ0n) is 32.1. The molecule has 0 unspecified atom stereocenters. The quantitative estimate of drug-likeness (QED) is 0.158. The molecular weight excluding hydrogens is 734 g/mol. The van der Waals surface area contributed by atoms with E-state index < -0.39 is 5.41 Å². The molecule has 59 heavy (non-hydrogen) atoms. The summed E-state index contributed by atoms with van der Waals surface area (Å²) in [5.41, 5.74) is 17.8. The Morgan fingerprint density at radius 1 is 0.322 bits per heavy atom. The average molecular weight is 770 g/mol. The molecule has 12 rings (SSSR count). The fraction of sp³-hybridized carbons (Fsp3) is 0.0175. The van der Waals surface area contributed by atoms with Gasteiger partial charge in [0.2, 0.25) is 0 Å². The predicted molar refractivity (Wildman–Crippen MR) is 248 cm³/mol. The van der Waals surface area contributed by atoms with Gasteiger partial charge in [-0.05, 0) is 137 Å². The van der Waals surface area contributed by atoms with Gasteiger partial charge in [0.05, 0.1) is 5.41 Å². The first-order valence-corrected chi connectivity index (χ1v) is 20.7. The lowest BCUT2D eigenvalue weighted by molar-refractivity contribution is 0.794. The van der Waals surface area contributed by atoms with Gasteiger partial charge in [-0.3, -0.25) is 0 Å². The van der Waals surface area contributed by atoms with E-state index in [1.807, 2.05) is 0 Å². The molecule has 0 heterocycles. The molecule has 2 aliphatic carbocycles. The van der Waals surface area contributed by atoms with Crippen LogP contribution in [0.4, 0.5) is 17.1 Å². The van der Waals surface area contributed by atoms with Crippen molar-refractivity contribution in [3.63, 3.8) is 0 Å². The first kappa shape index (κ1) is 33.9. The third kappa shape index (κ3) is 4.99. The molecule has 10 aromatic rings. The van der Waals surface area contributed by atoms with Gasteiger partial charge >= 0.3 is 0 Å². The molecule has 1 spiro atoms. The van der Waals surface area contributed by atoms with Gasteiger partial charge in [-0.1, -0.05) is 175 Å². The van der Waals surface area contributed by atoms with Crippen molar-refractivity contribution in [1.29, 1.82) is 0 Å². The predicted octanol–water partition coefficient (Wildman–Crippen LogP) is 15.8. The zero-order chi connectivity index (χ0) is 39.1. The first-order valence-electron chi connectivity index (χ1n) is 20.3. The van der Waals surface area contributed by atoms with E-state index in [0.29, 0.717) is 0 Å². The Balaban J connectivity index is 1.05. The Labute approximate surface area is 349 Å². The van der Waals surface area contributed by atoms with E-state index in [-0.39, 0.29) is 0 Å². The molecule has 0 saturated carbocycles. The second kappa shape index (κ2) is 13.2. The molecule has 0 aliphatic heterocycles. The SMILES string of the molecule is Clc1ccc2c(c1-c1ccc3c(ccc4cc(N(c5ccccc5)c5ccccc5)ccc43)c1)-c1ccc(-c3ccccc3)cc1C21c2ccccc2-c2ccccc21. The van der Waals surface area contributed by atoms with Gasteiger partial charge in [-0.15, -0.1) is 0 Å². The van der Waals surface area contributed by atoms with Crippen molar-refractivity contribution in [1.82, 2.24) is 0 Å². The van der Waals surface area contributed by atoms with Crippen molar-refractivity contribution in [2.75, 3.05) is 4.90 Å². The molecule has 1 nitrogen and oxygen atoms in total. The fourth-order valence-corrected chi connectivity index (χ4v) is 10.5. The smallest absolute Gasteiger partial charge is 0.0725 e. The van der Waals surface area contributed by atoms with Crippen LogP contribution in [0.5, 0.6) is 0 Å². The molecule has 276 valence electrons. The normalized spacial score (nSPS) is 13.0. The number of halogens is 1. The number of anilines is 3. The second-order valence-electron chi connectivity index (χ2n) is 15.7. The molecule has 0 saturated heterocycles. The third-order valence-electron chi connectivity index (χ3n) is 12.7. The number of hydrogen-bond acceptors (Lipinski definition) is 1. The lowest BCUT2D eigenvalue weighted by Crippen LogP contribution is -2.26. The van der Waals surface area contributed by atoms with Crippen molar-refractivity contribution in [3.05, 3.63) is 246 Å². The highest BCUT2D eigenvalue weighted by molar-refractivity contribution is 6.34. The van der Waals surface area contributed by atoms with Crippen LogP contribution >= 0.6 is 11.6 Å². The molecule has 0 fully saturated rings. The molecule has 0 aromatic heterocycles. The largest absolute Gasteiger partial charge is 0.310 e. The van der Waals surface area contributed by atoms with Crippen LogP contribution in [-0.2, 0) is 5.41 Å². The van der Waals surface area contributed by atoms with Crippen LogP contribution in [0, 0.1) is 0 Å². The van der Waals surface area contributed by atoms with E-state index in [4.69, 9.17) is 11.6 Å². The molecule has 2 aliphatic rings. The van der Waals surface area contributed by atoms with Crippen LogP contribution in [0.1, 0.15) is 22.3 Å². The summed E-state index contributed by atoms with van der Waals surface area (Å²) in [7, 11) is 0. The Hall–Kier alpha value is -7.19. The van der Waals surface area contributed by atoms with Crippen molar-refractivity contribution in [2.45, 2.75) is 5.41 Å². The lowest BCUT2D eigenvalue weighted by atomic mass is 9.70. The summed E-state index contributed by atoms with van der Waals surface area (Å²) in [5, 5.41) is 5.58. The number of nitrogens with zero attached hydrogens (tertiary/aromatic N) is 1. The monoisotopic (exact) mass is 769 g/mol. The number of hydrogen-bond donors (Lipinski definition) is 0. The first-order chi connectivity index (χ1) is 29.2. The average Bonchev–Trinajstić information content (AvgIpc) is 3.76. The molecule has 10 aromatic carbocycles. The van der Waals surface area contributed by atoms with Gasteiger partial charge in [0, 0.05) is 27.6 Å². The van der Waals surface area contributed by atoms with Crippen molar-refractivity contribution in [2.24, 2.45) is 0 Å². The molecule has 0 radical (unpaired) electrons. The standard InChI is InChI=1S/C57H36ClN/c58-54-33-32-52-56(49-30-26-38(37-14-4-1-5-15-37)36-53(49)57(52)50-22-12-10-20-47(50)48-21-11-13-23-51(48)57)55(54)41-27-29-45-39(34-41)24-25-40-35-44(28-31-46(40)45)59(42-16-6-2-7-17-42)43-18-8-3-9-19-43/h1-36H.